The lowest BCUT2D eigenvalue weighted by Crippen LogP contribution is -2.41. The van der Waals surface area contributed by atoms with Gasteiger partial charge in [0.2, 0.25) is 17.7 Å². The van der Waals surface area contributed by atoms with Crippen LogP contribution in [-0.2, 0) is 22.6 Å². The Morgan fingerprint density at radius 2 is 1.94 bits per heavy atom. The molecule has 0 fully saturated rings. The zero-order valence-corrected chi connectivity index (χ0v) is 17.9. The Balaban J connectivity index is 1.48. The first-order valence-electron chi connectivity index (χ1n) is 10.4. The highest BCUT2D eigenvalue weighted by Gasteiger charge is 2.24. The standard InChI is InChI=1S/C21H27N7O5/c22-16(29)6-5-15(20(32)33)26-18(30)13-3-1-11(2-4-13)8-24-9-12-7-14-17(25-10-12)27-21(23)28-19(14)31/h1-4,12,15,24H,5-10H2,(H2,22,29)(H,26,30)(H,32,33)(H4,23,25,27,28,31)/t12-,15-/m0/s1. The number of hydrogen-bond donors (Lipinski definition) is 7. The lowest BCUT2D eigenvalue weighted by atomic mass is 9.96. The van der Waals surface area contributed by atoms with Crippen LogP contribution < -0.4 is 27.4 Å². The van der Waals surface area contributed by atoms with Crippen molar-refractivity contribution in [2.45, 2.75) is 31.8 Å². The summed E-state index contributed by atoms with van der Waals surface area (Å²) in [5, 5.41) is 28.1. The maximum atomic E-state index is 12.3. The summed E-state index contributed by atoms with van der Waals surface area (Å²) in [5.41, 5.74) is 12.5. The quantitative estimate of drug-likeness (QED) is 0.245. The summed E-state index contributed by atoms with van der Waals surface area (Å²) in [6.45, 7) is 1.92. The molecule has 2 heterocycles. The Bertz CT molecular complexity index is 1030. The van der Waals surface area contributed by atoms with Crippen molar-refractivity contribution >= 4 is 29.5 Å². The third kappa shape index (κ3) is 6.53. The highest BCUT2D eigenvalue weighted by molar-refractivity contribution is 5.96. The number of benzene rings is 1. The van der Waals surface area contributed by atoms with E-state index < -0.39 is 23.8 Å². The average Bonchev–Trinajstić information content (AvgIpc) is 2.77. The summed E-state index contributed by atoms with van der Waals surface area (Å²) in [6.07, 6.45) is 0.405. The van der Waals surface area contributed by atoms with Gasteiger partial charge in [-0.05, 0) is 36.5 Å². The molecule has 1 aromatic carbocycles. The molecule has 1 aliphatic heterocycles. The molecule has 0 radical (unpaired) electrons. The number of amides is 2. The zero-order chi connectivity index (χ0) is 24.0. The minimum absolute atomic E-state index is 0.0246. The van der Waals surface area contributed by atoms with E-state index in [-0.39, 0.29) is 30.6 Å². The van der Waals surface area contributed by atoms with Crippen molar-refractivity contribution in [3.05, 3.63) is 41.0 Å². The van der Waals surface area contributed by atoms with E-state index in [0.717, 1.165) is 5.56 Å². The minimum atomic E-state index is -1.23. The maximum Gasteiger partial charge on any atom is 0.326 e. The van der Waals surface area contributed by atoms with Crippen molar-refractivity contribution in [2.75, 3.05) is 24.1 Å². The second-order valence-electron chi connectivity index (χ2n) is 7.88. The number of aliphatic carboxylic acids is 1. The molecule has 33 heavy (non-hydrogen) atoms. The van der Waals surface area contributed by atoms with Crippen molar-refractivity contribution in [3.63, 3.8) is 0 Å². The van der Waals surface area contributed by atoms with Crippen LogP contribution in [0.1, 0.15) is 34.3 Å². The first-order valence-corrected chi connectivity index (χ1v) is 10.4. The van der Waals surface area contributed by atoms with E-state index in [1.165, 1.54) is 0 Å². The number of nitrogens with one attached hydrogen (secondary N) is 3. The molecule has 12 heteroatoms. The van der Waals surface area contributed by atoms with Crippen LogP contribution in [0, 0.1) is 5.92 Å². The normalized spacial score (nSPS) is 15.7. The fourth-order valence-corrected chi connectivity index (χ4v) is 3.55. The highest BCUT2D eigenvalue weighted by Crippen LogP contribution is 2.29. The van der Waals surface area contributed by atoms with Crippen LogP contribution in [0.15, 0.2) is 24.3 Å². The summed E-state index contributed by atoms with van der Waals surface area (Å²) >= 11 is 0. The maximum absolute atomic E-state index is 12.3. The predicted octanol–water partition coefficient (Wildman–Crippen LogP) is -0.413. The van der Waals surface area contributed by atoms with Crippen LogP contribution in [0.2, 0.25) is 0 Å². The van der Waals surface area contributed by atoms with E-state index in [9.17, 15) is 24.6 Å². The number of aromatic nitrogens is 2. The van der Waals surface area contributed by atoms with Crippen LogP contribution in [0.4, 0.5) is 11.8 Å². The number of nitrogens with two attached hydrogens (primary N) is 2. The average molecular weight is 457 g/mol. The predicted molar refractivity (Wildman–Crippen MR) is 119 cm³/mol. The van der Waals surface area contributed by atoms with Gasteiger partial charge in [0.1, 0.15) is 11.9 Å². The van der Waals surface area contributed by atoms with Gasteiger partial charge in [-0.3, -0.25) is 9.59 Å². The molecule has 1 aromatic heterocycles. The molecule has 12 nitrogen and oxygen atoms in total. The van der Waals surface area contributed by atoms with Gasteiger partial charge >= 0.3 is 5.97 Å². The molecule has 176 valence electrons. The number of nitrogen functional groups attached to an aromatic ring is 1. The number of primary amides is 1. The fraction of sp³-hybridized carbons (Fsp3) is 0.381. The van der Waals surface area contributed by atoms with E-state index in [1.54, 1.807) is 24.3 Å². The second kappa shape index (κ2) is 10.6. The van der Waals surface area contributed by atoms with Crippen molar-refractivity contribution in [2.24, 2.45) is 11.7 Å². The molecule has 0 spiro atoms. The smallest absolute Gasteiger partial charge is 0.326 e. The first kappa shape index (κ1) is 23.7. The lowest BCUT2D eigenvalue weighted by Gasteiger charge is -2.25. The van der Waals surface area contributed by atoms with Crippen LogP contribution >= 0.6 is 0 Å². The number of carbonyl (C=O) groups is 3. The molecule has 0 bridgehead atoms. The molecule has 3 rings (SSSR count). The number of hydrogen-bond acceptors (Lipinski definition) is 9. The summed E-state index contributed by atoms with van der Waals surface area (Å²) in [7, 11) is 0. The second-order valence-corrected chi connectivity index (χ2v) is 7.88. The topological polar surface area (TPSA) is 206 Å². The number of nitrogens with zero attached hydrogens (tertiary/aromatic N) is 2. The Morgan fingerprint density at radius 3 is 2.61 bits per heavy atom. The molecule has 0 unspecified atom stereocenters. The monoisotopic (exact) mass is 457 g/mol. The van der Waals surface area contributed by atoms with Gasteiger partial charge in [-0.25, -0.2) is 4.79 Å². The van der Waals surface area contributed by atoms with E-state index >= 15 is 0 Å². The van der Waals surface area contributed by atoms with Gasteiger partial charge in [0.25, 0.3) is 5.91 Å². The highest BCUT2D eigenvalue weighted by atomic mass is 16.4. The molecule has 0 saturated heterocycles. The third-order valence-corrected chi connectivity index (χ3v) is 5.31. The Labute approximate surface area is 189 Å². The van der Waals surface area contributed by atoms with Gasteiger partial charge in [-0.1, -0.05) is 12.1 Å². The van der Waals surface area contributed by atoms with Gasteiger partial charge in [-0.2, -0.15) is 9.97 Å². The van der Waals surface area contributed by atoms with Crippen molar-refractivity contribution in [1.82, 2.24) is 20.6 Å². The Morgan fingerprint density at radius 1 is 1.21 bits per heavy atom. The van der Waals surface area contributed by atoms with E-state index in [4.69, 9.17) is 11.5 Å². The van der Waals surface area contributed by atoms with E-state index in [1.807, 2.05) is 0 Å². The van der Waals surface area contributed by atoms with Gasteiger partial charge in [-0.15, -0.1) is 0 Å². The van der Waals surface area contributed by atoms with Crippen LogP contribution in [0.25, 0.3) is 0 Å². The molecule has 1 aliphatic rings. The zero-order valence-electron chi connectivity index (χ0n) is 17.9. The molecule has 0 saturated carbocycles. The molecule has 2 aromatic rings. The fourth-order valence-electron chi connectivity index (χ4n) is 3.55. The Kier molecular flexibility index (Phi) is 7.61. The first-order chi connectivity index (χ1) is 15.7. The number of carboxylic acids is 1. The number of anilines is 2. The molecule has 2 atom stereocenters. The van der Waals surface area contributed by atoms with Crippen LogP contribution in [0.3, 0.4) is 0 Å². The largest absolute Gasteiger partial charge is 0.493 e. The SMILES string of the molecule is NC(=O)CC[C@H](NC(=O)c1ccc(CNC[C@H]2CNc3nc(N)nc(O)c3C2)cc1)C(=O)O. The molecule has 9 N–H and O–H groups in total. The number of rotatable bonds is 10. The van der Waals surface area contributed by atoms with Crippen molar-refractivity contribution in [1.29, 1.82) is 0 Å². The molecular formula is C21H27N7O5. The molecular weight excluding hydrogens is 430 g/mol. The Hall–Kier alpha value is -3.93. The number of fused-ring (bicyclic) bond motifs is 1. The summed E-state index contributed by atoms with van der Waals surface area (Å²) in [4.78, 5) is 42.4. The lowest BCUT2D eigenvalue weighted by molar-refractivity contribution is -0.139. The summed E-state index contributed by atoms with van der Waals surface area (Å²) < 4.78 is 0. The van der Waals surface area contributed by atoms with Gasteiger partial charge < -0.3 is 37.6 Å². The van der Waals surface area contributed by atoms with Crippen LogP contribution in [0.5, 0.6) is 5.88 Å². The van der Waals surface area contributed by atoms with Crippen molar-refractivity contribution < 1.29 is 24.6 Å². The third-order valence-electron chi connectivity index (χ3n) is 5.31. The van der Waals surface area contributed by atoms with E-state index in [2.05, 4.69) is 25.9 Å². The number of aromatic hydroxyl groups is 1. The number of carboxylic acid groups (broad SMARTS) is 1. The van der Waals surface area contributed by atoms with Crippen LogP contribution in [-0.4, -0.2) is 57.1 Å². The van der Waals surface area contributed by atoms with E-state index in [0.29, 0.717) is 43.0 Å². The van der Waals surface area contributed by atoms with Gasteiger partial charge in [0.15, 0.2) is 0 Å². The molecule has 2 amide bonds. The van der Waals surface area contributed by atoms with Crippen molar-refractivity contribution in [3.8, 4) is 5.88 Å². The number of carbonyl (C=O) groups excluding carboxylic acids is 2. The van der Waals surface area contributed by atoms with Gasteiger partial charge in [0.05, 0.1) is 5.56 Å². The molecule has 0 aliphatic carbocycles. The van der Waals surface area contributed by atoms with Gasteiger partial charge in [0, 0.05) is 31.6 Å². The minimum Gasteiger partial charge on any atom is -0.493 e. The summed E-state index contributed by atoms with van der Waals surface area (Å²) in [6, 6.07) is 5.58. The summed E-state index contributed by atoms with van der Waals surface area (Å²) in [5.74, 6) is -1.70.